The molecule has 0 unspecified atom stereocenters. The van der Waals surface area contributed by atoms with Crippen LogP contribution in [0, 0.1) is 0 Å². The van der Waals surface area contributed by atoms with Crippen LogP contribution in [-0.2, 0) is 7.05 Å². The summed E-state index contributed by atoms with van der Waals surface area (Å²) in [7, 11) is 1.78. The van der Waals surface area contributed by atoms with Crippen LogP contribution in [0.15, 0.2) is 30.5 Å². The fourth-order valence-corrected chi connectivity index (χ4v) is 2.57. The summed E-state index contributed by atoms with van der Waals surface area (Å²) in [6.45, 7) is -0.847. The van der Waals surface area contributed by atoms with Gasteiger partial charge in [0.25, 0.3) is 0 Å². The molecular formula is C16H18F2N6O. The first-order valence-corrected chi connectivity index (χ1v) is 7.74. The number of ether oxygens (including phenoxy) is 1. The summed E-state index contributed by atoms with van der Waals surface area (Å²) in [6.07, 6.45) is 2.36. The number of fused-ring (bicyclic) bond motifs is 1. The molecule has 0 aliphatic carbocycles. The smallest absolute Gasteiger partial charge is 0.387 e. The van der Waals surface area contributed by atoms with Crippen LogP contribution in [-0.4, -0.2) is 26.4 Å². The Morgan fingerprint density at radius 3 is 2.60 bits per heavy atom. The molecule has 0 fully saturated rings. The number of nitrogens with zero attached hydrogens (tertiary/aromatic N) is 4. The van der Waals surface area contributed by atoms with Crippen molar-refractivity contribution in [1.82, 2.24) is 19.7 Å². The molecule has 0 aliphatic rings. The molecular weight excluding hydrogens is 330 g/mol. The molecule has 132 valence electrons. The molecule has 9 heteroatoms. The molecule has 0 aliphatic heterocycles. The van der Waals surface area contributed by atoms with E-state index in [0.29, 0.717) is 22.8 Å². The van der Waals surface area contributed by atoms with E-state index in [1.54, 1.807) is 30.1 Å². The Kier molecular flexibility index (Phi) is 4.64. The Hall–Kier alpha value is -2.97. The molecule has 0 saturated carbocycles. The zero-order chi connectivity index (χ0) is 18.0. The maximum atomic E-state index is 12.2. The molecule has 0 spiro atoms. The summed E-state index contributed by atoms with van der Waals surface area (Å²) in [6, 6.07) is 6.36. The van der Waals surface area contributed by atoms with Crippen LogP contribution in [0.2, 0.25) is 0 Å². The fraction of sp³-hybridized carbons (Fsp3) is 0.312. The lowest BCUT2D eigenvalue weighted by Gasteiger charge is -2.18. The second-order valence-electron chi connectivity index (χ2n) is 5.49. The Bertz CT molecular complexity index is 865. The largest absolute Gasteiger partial charge is 0.435 e. The quantitative estimate of drug-likeness (QED) is 0.711. The molecule has 3 aromatic rings. The van der Waals surface area contributed by atoms with Crippen molar-refractivity contribution >= 4 is 22.8 Å². The average Bonchev–Trinajstić information content (AvgIpc) is 2.95. The third-order valence-electron chi connectivity index (χ3n) is 3.84. The van der Waals surface area contributed by atoms with Crippen molar-refractivity contribution in [3.8, 4) is 5.75 Å². The molecule has 3 N–H and O–H groups in total. The van der Waals surface area contributed by atoms with Crippen LogP contribution in [0.4, 0.5) is 20.5 Å². The highest BCUT2D eigenvalue weighted by molar-refractivity contribution is 5.86. The van der Waals surface area contributed by atoms with Crippen molar-refractivity contribution in [3.63, 3.8) is 0 Å². The van der Waals surface area contributed by atoms with Crippen molar-refractivity contribution in [2.45, 2.75) is 26.0 Å². The topological polar surface area (TPSA) is 90.9 Å². The number of rotatable bonds is 6. The minimum Gasteiger partial charge on any atom is -0.435 e. The summed E-state index contributed by atoms with van der Waals surface area (Å²) in [5.41, 5.74) is 7.49. The van der Waals surface area contributed by atoms with Gasteiger partial charge in [-0.2, -0.15) is 23.8 Å². The minimum atomic E-state index is -2.84. The lowest BCUT2D eigenvalue weighted by molar-refractivity contribution is -0.0498. The number of benzene rings is 1. The van der Waals surface area contributed by atoms with Gasteiger partial charge in [0.1, 0.15) is 11.6 Å². The van der Waals surface area contributed by atoms with Gasteiger partial charge in [-0.15, -0.1) is 0 Å². The van der Waals surface area contributed by atoms with Crippen molar-refractivity contribution in [3.05, 3.63) is 36.0 Å². The SMILES string of the molecule is CC[C@@H](Nc1nc(N)c2cnn(C)c2n1)c1ccc(OC(F)F)cc1. The summed E-state index contributed by atoms with van der Waals surface area (Å²) in [5.74, 6) is 0.842. The van der Waals surface area contributed by atoms with Gasteiger partial charge in [-0.05, 0) is 24.1 Å². The van der Waals surface area contributed by atoms with Gasteiger partial charge >= 0.3 is 6.61 Å². The third-order valence-corrected chi connectivity index (χ3v) is 3.84. The number of alkyl halides is 2. The van der Waals surface area contributed by atoms with Gasteiger partial charge in [-0.25, -0.2) is 0 Å². The molecule has 0 bridgehead atoms. The van der Waals surface area contributed by atoms with Gasteiger partial charge < -0.3 is 15.8 Å². The van der Waals surface area contributed by atoms with E-state index in [1.807, 2.05) is 6.92 Å². The maximum absolute atomic E-state index is 12.2. The van der Waals surface area contributed by atoms with Crippen LogP contribution >= 0.6 is 0 Å². The first-order valence-electron chi connectivity index (χ1n) is 7.74. The van der Waals surface area contributed by atoms with E-state index in [1.165, 1.54) is 12.1 Å². The second kappa shape index (κ2) is 6.88. The molecule has 3 rings (SSSR count). The summed E-state index contributed by atoms with van der Waals surface area (Å²) < 4.78 is 30.5. The second-order valence-corrected chi connectivity index (χ2v) is 5.49. The molecule has 1 atom stereocenters. The molecule has 7 nitrogen and oxygen atoms in total. The third kappa shape index (κ3) is 3.59. The Morgan fingerprint density at radius 2 is 1.96 bits per heavy atom. The van der Waals surface area contributed by atoms with E-state index in [9.17, 15) is 8.78 Å². The molecule has 1 aromatic carbocycles. The number of nitrogens with two attached hydrogens (primary N) is 1. The van der Waals surface area contributed by atoms with Crippen molar-refractivity contribution < 1.29 is 13.5 Å². The van der Waals surface area contributed by atoms with Gasteiger partial charge in [0.2, 0.25) is 5.95 Å². The molecule has 2 aromatic heterocycles. The standard InChI is InChI=1S/C16H18F2N6O/c1-3-12(9-4-6-10(7-5-9)25-15(17)18)21-16-22-13(19)11-8-20-24(2)14(11)23-16/h4-8,12,15H,3H2,1-2H3,(H3,19,21,22,23)/t12-/m1/s1. The number of nitrogen functional groups attached to an aromatic ring is 1. The van der Waals surface area contributed by atoms with Crippen LogP contribution in [0.1, 0.15) is 24.9 Å². The fourth-order valence-electron chi connectivity index (χ4n) is 2.57. The zero-order valence-corrected chi connectivity index (χ0v) is 13.8. The Balaban J connectivity index is 1.83. The van der Waals surface area contributed by atoms with Crippen molar-refractivity contribution in [2.24, 2.45) is 7.05 Å². The summed E-state index contributed by atoms with van der Waals surface area (Å²) >= 11 is 0. The highest BCUT2D eigenvalue weighted by atomic mass is 19.3. The van der Waals surface area contributed by atoms with Gasteiger partial charge in [0.05, 0.1) is 17.6 Å². The Labute approximate surface area is 142 Å². The van der Waals surface area contributed by atoms with Crippen molar-refractivity contribution in [1.29, 1.82) is 0 Å². The van der Waals surface area contributed by atoms with E-state index in [4.69, 9.17) is 5.73 Å². The molecule has 0 saturated heterocycles. The number of nitrogens with one attached hydrogen (secondary N) is 1. The number of halogens is 2. The minimum absolute atomic E-state index is 0.106. The predicted molar refractivity (Wildman–Crippen MR) is 90.4 cm³/mol. The average molecular weight is 348 g/mol. The van der Waals surface area contributed by atoms with Gasteiger partial charge in [0, 0.05) is 7.05 Å². The van der Waals surface area contributed by atoms with Crippen LogP contribution in [0.5, 0.6) is 5.75 Å². The highest BCUT2D eigenvalue weighted by Gasteiger charge is 2.14. The lowest BCUT2D eigenvalue weighted by atomic mass is 10.0. The van der Waals surface area contributed by atoms with Gasteiger partial charge in [0.15, 0.2) is 5.65 Å². The molecule has 2 heterocycles. The summed E-state index contributed by atoms with van der Waals surface area (Å²) in [5, 5.41) is 8.03. The molecule has 0 amide bonds. The van der Waals surface area contributed by atoms with Gasteiger partial charge in [-0.3, -0.25) is 4.68 Å². The molecule has 0 radical (unpaired) electrons. The maximum Gasteiger partial charge on any atom is 0.387 e. The van der Waals surface area contributed by atoms with Crippen LogP contribution in [0.3, 0.4) is 0 Å². The van der Waals surface area contributed by atoms with E-state index < -0.39 is 6.61 Å². The van der Waals surface area contributed by atoms with Crippen LogP contribution in [0.25, 0.3) is 11.0 Å². The first-order chi connectivity index (χ1) is 12.0. The van der Waals surface area contributed by atoms with Crippen molar-refractivity contribution in [2.75, 3.05) is 11.1 Å². The normalized spacial score (nSPS) is 12.5. The molecule has 25 heavy (non-hydrogen) atoms. The lowest BCUT2D eigenvalue weighted by Crippen LogP contribution is -2.13. The number of hydrogen-bond donors (Lipinski definition) is 2. The summed E-state index contributed by atoms with van der Waals surface area (Å²) in [4.78, 5) is 8.70. The van der Waals surface area contributed by atoms with E-state index in [0.717, 1.165) is 12.0 Å². The van der Waals surface area contributed by atoms with E-state index >= 15 is 0 Å². The predicted octanol–water partition coefficient (Wildman–Crippen LogP) is 3.11. The zero-order valence-electron chi connectivity index (χ0n) is 13.8. The Morgan fingerprint density at radius 1 is 1.24 bits per heavy atom. The number of aryl methyl sites for hydroxylation is 1. The van der Waals surface area contributed by atoms with Crippen LogP contribution < -0.4 is 15.8 Å². The van der Waals surface area contributed by atoms with E-state index in [-0.39, 0.29) is 11.8 Å². The highest BCUT2D eigenvalue weighted by Crippen LogP contribution is 2.25. The number of aromatic nitrogens is 4. The van der Waals surface area contributed by atoms with Gasteiger partial charge in [-0.1, -0.05) is 19.1 Å². The first kappa shape index (κ1) is 16.9. The number of anilines is 2. The monoisotopic (exact) mass is 348 g/mol. The number of hydrogen-bond acceptors (Lipinski definition) is 6. The van der Waals surface area contributed by atoms with E-state index in [2.05, 4.69) is 25.1 Å².